The first-order chi connectivity index (χ1) is 10.6. The molecular weight excluding hydrogens is 334 g/mol. The predicted octanol–water partition coefficient (Wildman–Crippen LogP) is 3.05. The van der Waals surface area contributed by atoms with Gasteiger partial charge in [-0.15, -0.1) is 12.4 Å². The van der Waals surface area contributed by atoms with E-state index >= 15 is 0 Å². The number of rotatable bonds is 3. The van der Waals surface area contributed by atoms with Crippen molar-refractivity contribution in [3.8, 4) is 0 Å². The van der Waals surface area contributed by atoms with Crippen molar-refractivity contribution in [3.05, 3.63) is 39.9 Å². The average Bonchev–Trinajstić information content (AvgIpc) is 2.43. The van der Waals surface area contributed by atoms with E-state index in [0.717, 1.165) is 0 Å². The van der Waals surface area contributed by atoms with Crippen molar-refractivity contribution in [1.29, 1.82) is 0 Å². The summed E-state index contributed by atoms with van der Waals surface area (Å²) < 4.78 is 0. The highest BCUT2D eigenvalue weighted by atomic mass is 35.5. The van der Waals surface area contributed by atoms with Crippen LogP contribution in [0.1, 0.15) is 45.8 Å². The van der Waals surface area contributed by atoms with Gasteiger partial charge in [0.05, 0.1) is 16.7 Å². The standard InChI is InChI=1S/C16H23N3O4.ClH/c1-15(2)9-12(17-21)13(16(3,4)18-15)14(20)10-6-5-7-11(8-10)19(22)23;/h5-8,13-14,18,20-21H,9H2,1-4H3;1H/b17-12+;. The number of nitro benzene ring substituents is 1. The van der Waals surface area contributed by atoms with E-state index in [1.807, 2.05) is 27.7 Å². The van der Waals surface area contributed by atoms with Gasteiger partial charge >= 0.3 is 0 Å². The lowest BCUT2D eigenvalue weighted by atomic mass is 9.69. The lowest BCUT2D eigenvalue weighted by molar-refractivity contribution is -0.385. The molecule has 0 bridgehead atoms. The van der Waals surface area contributed by atoms with Crippen LogP contribution in [0.5, 0.6) is 0 Å². The van der Waals surface area contributed by atoms with Crippen LogP contribution in [0, 0.1) is 16.0 Å². The van der Waals surface area contributed by atoms with Gasteiger partial charge in [-0.25, -0.2) is 0 Å². The molecule has 24 heavy (non-hydrogen) atoms. The molecule has 0 saturated carbocycles. The fourth-order valence-corrected chi connectivity index (χ4v) is 3.66. The first-order valence-electron chi connectivity index (χ1n) is 7.50. The van der Waals surface area contributed by atoms with Crippen LogP contribution < -0.4 is 5.32 Å². The second-order valence-corrected chi connectivity index (χ2v) is 7.27. The van der Waals surface area contributed by atoms with Crippen LogP contribution in [-0.4, -0.2) is 32.0 Å². The lowest BCUT2D eigenvalue weighted by Gasteiger charge is -2.49. The number of oxime groups is 1. The summed E-state index contributed by atoms with van der Waals surface area (Å²) in [5.41, 5.74) is 0.0146. The summed E-state index contributed by atoms with van der Waals surface area (Å²) in [6, 6.07) is 5.92. The average molecular weight is 358 g/mol. The Hall–Kier alpha value is -1.70. The number of aliphatic hydroxyl groups is 1. The Kier molecular flexibility index (Phi) is 5.97. The summed E-state index contributed by atoms with van der Waals surface area (Å²) in [5, 5.41) is 38.0. The first-order valence-corrected chi connectivity index (χ1v) is 7.50. The molecule has 1 saturated heterocycles. The van der Waals surface area contributed by atoms with Crippen LogP contribution in [0.4, 0.5) is 5.69 Å². The molecule has 0 aliphatic carbocycles. The molecule has 0 radical (unpaired) electrons. The summed E-state index contributed by atoms with van der Waals surface area (Å²) in [6.45, 7) is 7.83. The van der Waals surface area contributed by atoms with Gasteiger partial charge in [0.15, 0.2) is 0 Å². The molecule has 7 nitrogen and oxygen atoms in total. The Balaban J connectivity index is 0.00000288. The number of benzene rings is 1. The van der Waals surface area contributed by atoms with Crippen LogP contribution in [0.3, 0.4) is 0 Å². The number of nitrogens with one attached hydrogen (secondary N) is 1. The molecule has 1 heterocycles. The molecule has 2 atom stereocenters. The fraction of sp³-hybridized carbons (Fsp3) is 0.562. The number of halogens is 1. The fourth-order valence-electron chi connectivity index (χ4n) is 3.66. The third-order valence-corrected chi connectivity index (χ3v) is 4.29. The van der Waals surface area contributed by atoms with Crippen molar-refractivity contribution in [2.24, 2.45) is 11.1 Å². The van der Waals surface area contributed by atoms with Crippen LogP contribution in [0.15, 0.2) is 29.4 Å². The first kappa shape index (κ1) is 20.3. The van der Waals surface area contributed by atoms with Gasteiger partial charge in [0, 0.05) is 35.5 Å². The van der Waals surface area contributed by atoms with Gasteiger partial charge < -0.3 is 15.6 Å². The smallest absolute Gasteiger partial charge is 0.269 e. The van der Waals surface area contributed by atoms with Gasteiger partial charge in [0.25, 0.3) is 5.69 Å². The molecular formula is C16H24ClN3O4. The highest BCUT2D eigenvalue weighted by Gasteiger charge is 2.47. The quantitative estimate of drug-likeness (QED) is 0.437. The molecule has 0 amide bonds. The number of piperidine rings is 1. The van der Waals surface area contributed by atoms with Crippen molar-refractivity contribution in [3.63, 3.8) is 0 Å². The zero-order chi connectivity index (χ0) is 17.4. The number of nitro groups is 1. The van der Waals surface area contributed by atoms with Crippen molar-refractivity contribution >= 4 is 23.8 Å². The summed E-state index contributed by atoms with van der Waals surface area (Å²) in [5.74, 6) is -0.498. The molecule has 1 aromatic carbocycles. The van der Waals surface area contributed by atoms with Crippen LogP contribution in [0.2, 0.25) is 0 Å². The third kappa shape index (κ3) is 4.03. The Labute approximate surface area is 147 Å². The summed E-state index contributed by atoms with van der Waals surface area (Å²) >= 11 is 0. The van der Waals surface area contributed by atoms with E-state index in [1.54, 1.807) is 12.1 Å². The van der Waals surface area contributed by atoms with E-state index in [4.69, 9.17) is 0 Å². The highest BCUT2D eigenvalue weighted by molar-refractivity contribution is 5.90. The van der Waals surface area contributed by atoms with Crippen molar-refractivity contribution in [2.45, 2.75) is 51.3 Å². The molecule has 2 rings (SSSR count). The molecule has 1 aliphatic heterocycles. The molecule has 1 aromatic rings. The predicted molar refractivity (Wildman–Crippen MR) is 93.9 cm³/mol. The van der Waals surface area contributed by atoms with Gasteiger partial charge in [-0.2, -0.15) is 0 Å². The third-order valence-electron chi connectivity index (χ3n) is 4.29. The minimum absolute atomic E-state index is 0. The van der Waals surface area contributed by atoms with Crippen LogP contribution in [0.25, 0.3) is 0 Å². The minimum atomic E-state index is -1.01. The molecule has 1 aliphatic rings. The Morgan fingerprint density at radius 2 is 2.00 bits per heavy atom. The van der Waals surface area contributed by atoms with Crippen molar-refractivity contribution < 1.29 is 15.2 Å². The SMILES string of the molecule is CC1(C)C/C(=N\O)C(C(O)c2cccc([N+](=O)[O-])c2)C(C)(C)N1.Cl. The normalized spacial score (nSPS) is 24.9. The van der Waals surface area contributed by atoms with Gasteiger partial charge in [-0.05, 0) is 33.3 Å². The van der Waals surface area contributed by atoms with Gasteiger partial charge in [0.2, 0.25) is 0 Å². The molecule has 134 valence electrons. The molecule has 8 heteroatoms. The maximum absolute atomic E-state index is 10.9. The van der Waals surface area contributed by atoms with E-state index in [-0.39, 0.29) is 23.6 Å². The second-order valence-electron chi connectivity index (χ2n) is 7.27. The van der Waals surface area contributed by atoms with Crippen LogP contribution in [-0.2, 0) is 0 Å². The van der Waals surface area contributed by atoms with E-state index in [1.165, 1.54) is 12.1 Å². The number of nitrogens with zero attached hydrogens (tertiary/aromatic N) is 2. The molecule has 0 spiro atoms. The van der Waals surface area contributed by atoms with Crippen molar-refractivity contribution in [2.75, 3.05) is 0 Å². The molecule has 1 fully saturated rings. The number of hydrogen-bond acceptors (Lipinski definition) is 6. The van der Waals surface area contributed by atoms with Crippen molar-refractivity contribution in [1.82, 2.24) is 5.32 Å². The number of aliphatic hydroxyl groups excluding tert-OH is 1. The Morgan fingerprint density at radius 1 is 1.38 bits per heavy atom. The molecule has 0 aromatic heterocycles. The Bertz CT molecular complexity index is 646. The zero-order valence-corrected chi connectivity index (χ0v) is 15.0. The van der Waals surface area contributed by atoms with E-state index in [2.05, 4.69) is 10.5 Å². The van der Waals surface area contributed by atoms with Gasteiger partial charge in [-0.1, -0.05) is 17.3 Å². The maximum atomic E-state index is 10.9. The number of non-ortho nitro benzene ring substituents is 1. The molecule has 3 N–H and O–H groups in total. The zero-order valence-electron chi connectivity index (χ0n) is 14.2. The highest BCUT2D eigenvalue weighted by Crippen LogP contribution is 2.39. The summed E-state index contributed by atoms with van der Waals surface area (Å²) in [6.07, 6.45) is -0.539. The van der Waals surface area contributed by atoms with Gasteiger partial charge in [0.1, 0.15) is 0 Å². The van der Waals surface area contributed by atoms with Gasteiger partial charge in [-0.3, -0.25) is 10.1 Å². The number of hydrogen-bond donors (Lipinski definition) is 3. The summed E-state index contributed by atoms with van der Waals surface area (Å²) in [4.78, 5) is 10.4. The summed E-state index contributed by atoms with van der Waals surface area (Å²) in [7, 11) is 0. The Morgan fingerprint density at radius 3 is 2.54 bits per heavy atom. The molecule has 2 unspecified atom stereocenters. The van der Waals surface area contributed by atoms with E-state index in [9.17, 15) is 20.4 Å². The van der Waals surface area contributed by atoms with Crippen LogP contribution >= 0.6 is 12.4 Å². The largest absolute Gasteiger partial charge is 0.411 e. The lowest BCUT2D eigenvalue weighted by Crippen LogP contribution is -2.64. The topological polar surface area (TPSA) is 108 Å². The van der Waals surface area contributed by atoms with E-state index in [0.29, 0.717) is 17.7 Å². The minimum Gasteiger partial charge on any atom is -0.411 e. The second kappa shape index (κ2) is 7.04. The maximum Gasteiger partial charge on any atom is 0.269 e. The van der Waals surface area contributed by atoms with E-state index < -0.39 is 22.5 Å². The monoisotopic (exact) mass is 357 g/mol.